The van der Waals surface area contributed by atoms with Gasteiger partial charge in [0.1, 0.15) is 12.1 Å². The Labute approximate surface area is 93.2 Å². The van der Waals surface area contributed by atoms with Crippen LogP contribution in [0.15, 0.2) is 30.3 Å². The molecular weight excluding hydrogens is 209 g/mol. The van der Waals surface area contributed by atoms with Gasteiger partial charge in [0, 0.05) is 13.1 Å². The van der Waals surface area contributed by atoms with Crippen molar-refractivity contribution in [2.75, 3.05) is 13.6 Å². The van der Waals surface area contributed by atoms with Crippen molar-refractivity contribution in [3.63, 3.8) is 0 Å². The Balaban J connectivity index is 2.62. The van der Waals surface area contributed by atoms with E-state index in [1.165, 1.54) is 30.2 Å². The number of hydrogen-bond acceptors (Lipinski definition) is 2. The fraction of sp³-hybridized carbons (Fsp3) is 0.167. The summed E-state index contributed by atoms with van der Waals surface area (Å²) in [6, 6.07) is 5.77. The first-order valence-electron chi connectivity index (χ1n) is 4.76. The smallest absolute Gasteiger partial charge is 0.246 e. The summed E-state index contributed by atoms with van der Waals surface area (Å²) in [6.07, 6.45) is 3.57. The molecule has 4 heteroatoms. The van der Waals surface area contributed by atoms with Gasteiger partial charge in [-0.05, 0) is 23.8 Å². The molecule has 0 spiro atoms. The van der Waals surface area contributed by atoms with E-state index in [0.717, 1.165) is 5.56 Å². The molecule has 0 bridgehead atoms. The molecule has 0 saturated heterocycles. The second-order valence-corrected chi connectivity index (χ2v) is 3.27. The zero-order valence-electron chi connectivity index (χ0n) is 8.89. The van der Waals surface area contributed by atoms with E-state index in [-0.39, 0.29) is 18.3 Å². The predicted molar refractivity (Wildman–Crippen MR) is 59.1 cm³/mol. The number of carbonyl (C=O) groups excluding carboxylic acids is 2. The third-order valence-electron chi connectivity index (χ3n) is 2.01. The molecule has 0 unspecified atom stereocenters. The Hall–Kier alpha value is -1.97. The van der Waals surface area contributed by atoms with Gasteiger partial charge < -0.3 is 9.69 Å². The average Bonchev–Trinajstić information content (AvgIpc) is 2.28. The van der Waals surface area contributed by atoms with Crippen LogP contribution in [0.3, 0.4) is 0 Å². The molecule has 16 heavy (non-hydrogen) atoms. The standard InChI is InChI=1S/C12H12FNO2/c1-14(8-9-15)12(16)7-4-10-2-5-11(13)6-3-10/h2-7,9H,8H2,1H3/b7-4+. The van der Waals surface area contributed by atoms with E-state index >= 15 is 0 Å². The minimum absolute atomic E-state index is 0.0621. The normalized spacial score (nSPS) is 10.4. The van der Waals surface area contributed by atoms with Crippen molar-refractivity contribution in [2.24, 2.45) is 0 Å². The Morgan fingerprint density at radius 2 is 2.00 bits per heavy atom. The zero-order chi connectivity index (χ0) is 12.0. The van der Waals surface area contributed by atoms with E-state index in [4.69, 9.17) is 0 Å². The summed E-state index contributed by atoms with van der Waals surface area (Å²) in [5.74, 6) is -0.585. The summed E-state index contributed by atoms with van der Waals surface area (Å²) in [5.41, 5.74) is 0.731. The number of hydrogen-bond donors (Lipinski definition) is 0. The molecule has 0 atom stereocenters. The van der Waals surface area contributed by atoms with Crippen molar-refractivity contribution < 1.29 is 14.0 Å². The second-order valence-electron chi connectivity index (χ2n) is 3.27. The first kappa shape index (κ1) is 12.1. The monoisotopic (exact) mass is 221 g/mol. The Morgan fingerprint density at radius 1 is 1.38 bits per heavy atom. The van der Waals surface area contributed by atoms with Crippen molar-refractivity contribution >= 4 is 18.3 Å². The van der Waals surface area contributed by atoms with Crippen LogP contribution in [0, 0.1) is 5.82 Å². The number of carbonyl (C=O) groups is 2. The third kappa shape index (κ3) is 3.65. The summed E-state index contributed by atoms with van der Waals surface area (Å²) in [4.78, 5) is 22.8. The molecule has 0 aliphatic heterocycles. The van der Waals surface area contributed by atoms with E-state index in [9.17, 15) is 14.0 Å². The largest absolute Gasteiger partial charge is 0.335 e. The summed E-state index contributed by atoms with van der Waals surface area (Å²) in [5, 5.41) is 0. The Morgan fingerprint density at radius 3 is 2.56 bits per heavy atom. The van der Waals surface area contributed by atoms with Crippen LogP contribution in [-0.2, 0) is 9.59 Å². The molecule has 0 aliphatic rings. The molecule has 0 saturated carbocycles. The summed E-state index contributed by atoms with van der Waals surface area (Å²) in [6.45, 7) is 0.0621. The van der Waals surface area contributed by atoms with Gasteiger partial charge in [-0.25, -0.2) is 4.39 Å². The third-order valence-corrected chi connectivity index (χ3v) is 2.01. The number of benzene rings is 1. The lowest BCUT2D eigenvalue weighted by atomic mass is 10.2. The summed E-state index contributed by atoms with van der Waals surface area (Å²) in [7, 11) is 1.53. The molecule has 1 amide bonds. The minimum atomic E-state index is -0.318. The van der Waals surface area contributed by atoms with Crippen LogP contribution >= 0.6 is 0 Å². The maximum Gasteiger partial charge on any atom is 0.246 e. The molecule has 0 N–H and O–H groups in total. The van der Waals surface area contributed by atoms with Crippen molar-refractivity contribution in [1.82, 2.24) is 4.90 Å². The van der Waals surface area contributed by atoms with Crippen LogP contribution in [0.4, 0.5) is 4.39 Å². The first-order valence-corrected chi connectivity index (χ1v) is 4.76. The quantitative estimate of drug-likeness (QED) is 0.570. The van der Waals surface area contributed by atoms with Gasteiger partial charge in [0.2, 0.25) is 5.91 Å². The van der Waals surface area contributed by atoms with E-state index in [1.807, 2.05) is 0 Å². The van der Waals surface area contributed by atoms with Gasteiger partial charge in [-0.2, -0.15) is 0 Å². The van der Waals surface area contributed by atoms with Crippen molar-refractivity contribution in [3.05, 3.63) is 41.7 Å². The fourth-order valence-electron chi connectivity index (χ4n) is 1.07. The molecular formula is C12H12FNO2. The molecule has 0 aliphatic carbocycles. The van der Waals surface area contributed by atoms with Gasteiger partial charge in [-0.1, -0.05) is 12.1 Å². The van der Waals surface area contributed by atoms with E-state index in [0.29, 0.717) is 6.29 Å². The number of likely N-dealkylation sites (N-methyl/N-ethyl adjacent to an activating group) is 1. The second kappa shape index (κ2) is 5.80. The first-order chi connectivity index (χ1) is 7.63. The number of rotatable bonds is 4. The topological polar surface area (TPSA) is 37.4 Å². The maximum absolute atomic E-state index is 12.6. The molecule has 84 valence electrons. The minimum Gasteiger partial charge on any atom is -0.335 e. The van der Waals surface area contributed by atoms with E-state index in [1.54, 1.807) is 18.2 Å². The molecule has 0 heterocycles. The van der Waals surface area contributed by atoms with Gasteiger partial charge in [-0.3, -0.25) is 4.79 Å². The van der Waals surface area contributed by atoms with Crippen molar-refractivity contribution in [1.29, 1.82) is 0 Å². The van der Waals surface area contributed by atoms with Crippen LogP contribution in [0.1, 0.15) is 5.56 Å². The van der Waals surface area contributed by atoms with Crippen LogP contribution in [-0.4, -0.2) is 30.7 Å². The number of nitrogens with zero attached hydrogens (tertiary/aromatic N) is 1. The molecule has 0 fully saturated rings. The zero-order valence-corrected chi connectivity index (χ0v) is 8.89. The lowest BCUT2D eigenvalue weighted by molar-refractivity contribution is -0.127. The fourth-order valence-corrected chi connectivity index (χ4v) is 1.07. The number of aldehydes is 1. The van der Waals surface area contributed by atoms with E-state index < -0.39 is 0 Å². The molecule has 1 rings (SSSR count). The molecule has 0 aromatic heterocycles. The highest BCUT2D eigenvalue weighted by Gasteiger charge is 2.02. The summed E-state index contributed by atoms with van der Waals surface area (Å²) < 4.78 is 12.6. The highest BCUT2D eigenvalue weighted by molar-refractivity contribution is 5.92. The average molecular weight is 221 g/mol. The number of halogens is 1. The Bertz CT molecular complexity index is 398. The molecule has 0 radical (unpaired) electrons. The van der Waals surface area contributed by atoms with Crippen molar-refractivity contribution in [3.8, 4) is 0 Å². The van der Waals surface area contributed by atoms with Gasteiger partial charge in [0.25, 0.3) is 0 Å². The van der Waals surface area contributed by atoms with Gasteiger partial charge >= 0.3 is 0 Å². The highest BCUT2D eigenvalue weighted by atomic mass is 19.1. The van der Waals surface area contributed by atoms with Crippen LogP contribution in [0.5, 0.6) is 0 Å². The lowest BCUT2D eigenvalue weighted by Crippen LogP contribution is -2.26. The van der Waals surface area contributed by atoms with Gasteiger partial charge in [0.15, 0.2) is 0 Å². The SMILES string of the molecule is CN(CC=O)C(=O)/C=C/c1ccc(F)cc1. The summed E-state index contributed by atoms with van der Waals surface area (Å²) >= 11 is 0. The van der Waals surface area contributed by atoms with Gasteiger partial charge in [0.05, 0.1) is 6.54 Å². The van der Waals surface area contributed by atoms with Crippen LogP contribution < -0.4 is 0 Å². The predicted octanol–water partition coefficient (Wildman–Crippen LogP) is 1.50. The molecule has 3 nitrogen and oxygen atoms in total. The maximum atomic E-state index is 12.6. The van der Waals surface area contributed by atoms with Crippen LogP contribution in [0.2, 0.25) is 0 Å². The van der Waals surface area contributed by atoms with Crippen LogP contribution in [0.25, 0.3) is 6.08 Å². The lowest BCUT2D eigenvalue weighted by Gasteiger charge is -2.09. The van der Waals surface area contributed by atoms with Crippen molar-refractivity contribution in [2.45, 2.75) is 0 Å². The molecule has 1 aromatic carbocycles. The number of amides is 1. The highest BCUT2D eigenvalue weighted by Crippen LogP contribution is 2.04. The van der Waals surface area contributed by atoms with E-state index in [2.05, 4.69) is 0 Å². The van der Waals surface area contributed by atoms with Gasteiger partial charge in [-0.15, -0.1) is 0 Å². The Kier molecular flexibility index (Phi) is 4.39. The molecule has 1 aromatic rings.